The fraction of sp³-hybridized carbons (Fsp3) is 0.250. The molecule has 0 saturated carbocycles. The third-order valence-corrected chi connectivity index (χ3v) is 3.51. The van der Waals surface area contributed by atoms with E-state index in [1.165, 1.54) is 18.2 Å². The van der Waals surface area contributed by atoms with E-state index in [2.05, 4.69) is 10.2 Å². The van der Waals surface area contributed by atoms with Crippen molar-refractivity contribution in [1.29, 1.82) is 0 Å². The van der Waals surface area contributed by atoms with Gasteiger partial charge in [0.25, 0.3) is 0 Å². The molecule has 1 aromatic carbocycles. The Morgan fingerprint density at radius 3 is 2.74 bits per heavy atom. The van der Waals surface area contributed by atoms with Gasteiger partial charge in [0.05, 0.1) is 5.75 Å². The molecule has 23 heavy (non-hydrogen) atoms. The first kappa shape index (κ1) is 17.1. The molecule has 0 aliphatic carbocycles. The standard InChI is InChI=1S/C12H11F4N5OS/c13-8-3-1-2-7(4-8)10-19-20-11(21(10)17)23-5-9(22)18-6-12(14,15)16/h1-4H,5-6,17H2,(H,18,22). The Labute approximate surface area is 132 Å². The summed E-state index contributed by atoms with van der Waals surface area (Å²) in [5.41, 5.74) is 0.383. The van der Waals surface area contributed by atoms with Gasteiger partial charge >= 0.3 is 6.18 Å². The van der Waals surface area contributed by atoms with Gasteiger partial charge in [0.15, 0.2) is 5.82 Å². The number of alkyl halides is 3. The Kier molecular flexibility index (Phi) is 5.08. The van der Waals surface area contributed by atoms with Crippen LogP contribution in [-0.2, 0) is 4.79 Å². The number of hydrogen-bond donors (Lipinski definition) is 2. The number of carbonyl (C=O) groups is 1. The first-order valence-electron chi connectivity index (χ1n) is 6.19. The molecule has 11 heteroatoms. The Bertz CT molecular complexity index is 703. The lowest BCUT2D eigenvalue weighted by Gasteiger charge is -2.08. The molecule has 0 unspecified atom stereocenters. The molecule has 0 aliphatic rings. The maximum Gasteiger partial charge on any atom is 0.405 e. The molecular weight excluding hydrogens is 338 g/mol. The predicted octanol–water partition coefficient (Wildman–Crippen LogP) is 1.57. The number of nitrogen functional groups attached to an aromatic ring is 1. The van der Waals surface area contributed by atoms with Crippen LogP contribution in [0.2, 0.25) is 0 Å². The number of carbonyl (C=O) groups excluding carboxylic acids is 1. The number of thioether (sulfide) groups is 1. The van der Waals surface area contributed by atoms with E-state index in [-0.39, 0.29) is 16.7 Å². The summed E-state index contributed by atoms with van der Waals surface area (Å²) in [4.78, 5) is 11.3. The number of nitrogens with zero attached hydrogens (tertiary/aromatic N) is 3. The second-order valence-corrected chi connectivity index (χ2v) is 5.31. The zero-order valence-electron chi connectivity index (χ0n) is 11.5. The number of nitrogens with two attached hydrogens (primary N) is 1. The van der Waals surface area contributed by atoms with Crippen LogP contribution in [0, 0.1) is 5.82 Å². The number of hydrogen-bond acceptors (Lipinski definition) is 5. The van der Waals surface area contributed by atoms with Crippen LogP contribution in [0.25, 0.3) is 11.4 Å². The summed E-state index contributed by atoms with van der Waals surface area (Å²) < 4.78 is 50.1. The highest BCUT2D eigenvalue weighted by molar-refractivity contribution is 7.99. The lowest BCUT2D eigenvalue weighted by Crippen LogP contribution is -2.34. The minimum absolute atomic E-state index is 0.117. The molecule has 1 amide bonds. The van der Waals surface area contributed by atoms with Gasteiger partial charge in [-0.25, -0.2) is 9.07 Å². The fourth-order valence-electron chi connectivity index (χ4n) is 1.58. The van der Waals surface area contributed by atoms with Crippen molar-refractivity contribution < 1.29 is 22.4 Å². The van der Waals surface area contributed by atoms with Crippen LogP contribution in [0.5, 0.6) is 0 Å². The molecule has 3 N–H and O–H groups in total. The number of halogens is 4. The monoisotopic (exact) mass is 349 g/mol. The molecule has 0 bridgehead atoms. The fourth-order valence-corrected chi connectivity index (χ4v) is 2.27. The normalized spacial score (nSPS) is 11.5. The van der Waals surface area contributed by atoms with E-state index < -0.39 is 24.4 Å². The van der Waals surface area contributed by atoms with E-state index in [1.54, 1.807) is 11.4 Å². The average molecular weight is 349 g/mol. The quantitative estimate of drug-likeness (QED) is 0.486. The summed E-state index contributed by atoms with van der Waals surface area (Å²) >= 11 is 0.817. The molecule has 0 aliphatic heterocycles. The van der Waals surface area contributed by atoms with E-state index in [4.69, 9.17) is 5.84 Å². The van der Waals surface area contributed by atoms with Crippen molar-refractivity contribution in [2.45, 2.75) is 11.3 Å². The van der Waals surface area contributed by atoms with Crippen molar-refractivity contribution in [1.82, 2.24) is 20.2 Å². The van der Waals surface area contributed by atoms with Gasteiger partial charge in [-0.3, -0.25) is 4.79 Å². The Balaban J connectivity index is 1.99. The lowest BCUT2D eigenvalue weighted by molar-refractivity contribution is -0.136. The van der Waals surface area contributed by atoms with Crippen molar-refractivity contribution in [3.63, 3.8) is 0 Å². The lowest BCUT2D eigenvalue weighted by atomic mass is 10.2. The summed E-state index contributed by atoms with van der Waals surface area (Å²) in [6.45, 7) is -1.41. The van der Waals surface area contributed by atoms with E-state index in [9.17, 15) is 22.4 Å². The number of rotatable bonds is 5. The largest absolute Gasteiger partial charge is 0.405 e. The molecular formula is C12H11F4N5OS. The van der Waals surface area contributed by atoms with Gasteiger partial charge in [-0.05, 0) is 12.1 Å². The number of nitrogens with one attached hydrogen (secondary N) is 1. The van der Waals surface area contributed by atoms with Crippen LogP contribution in [0.4, 0.5) is 17.6 Å². The number of amides is 1. The van der Waals surface area contributed by atoms with Crippen LogP contribution in [-0.4, -0.2) is 39.3 Å². The Hall–Kier alpha value is -2.30. The van der Waals surface area contributed by atoms with Gasteiger partial charge in [-0.15, -0.1) is 10.2 Å². The van der Waals surface area contributed by atoms with Gasteiger partial charge in [-0.1, -0.05) is 23.9 Å². The highest BCUT2D eigenvalue weighted by Crippen LogP contribution is 2.22. The minimum Gasteiger partial charge on any atom is -0.346 e. The molecule has 124 valence electrons. The van der Waals surface area contributed by atoms with Crippen molar-refractivity contribution in [3.05, 3.63) is 30.1 Å². The summed E-state index contributed by atoms with van der Waals surface area (Å²) in [5.74, 6) is 4.31. The molecule has 1 aromatic heterocycles. The molecule has 2 rings (SSSR count). The van der Waals surface area contributed by atoms with Gasteiger partial charge in [0.2, 0.25) is 11.1 Å². The predicted molar refractivity (Wildman–Crippen MR) is 75.4 cm³/mol. The van der Waals surface area contributed by atoms with Crippen LogP contribution in [0.3, 0.4) is 0 Å². The van der Waals surface area contributed by atoms with E-state index >= 15 is 0 Å². The van der Waals surface area contributed by atoms with Crippen LogP contribution >= 0.6 is 11.8 Å². The molecule has 0 atom stereocenters. The maximum absolute atomic E-state index is 13.2. The van der Waals surface area contributed by atoms with Gasteiger partial charge < -0.3 is 11.2 Å². The maximum atomic E-state index is 13.2. The Morgan fingerprint density at radius 2 is 2.09 bits per heavy atom. The van der Waals surface area contributed by atoms with E-state index in [1.807, 2.05) is 0 Å². The highest BCUT2D eigenvalue weighted by atomic mass is 32.2. The average Bonchev–Trinajstić information content (AvgIpc) is 2.83. The number of aromatic nitrogens is 3. The van der Waals surface area contributed by atoms with Crippen LogP contribution < -0.4 is 11.2 Å². The second kappa shape index (κ2) is 6.86. The van der Waals surface area contributed by atoms with Crippen LogP contribution in [0.15, 0.2) is 29.4 Å². The highest BCUT2D eigenvalue weighted by Gasteiger charge is 2.27. The van der Waals surface area contributed by atoms with Crippen molar-refractivity contribution in [2.24, 2.45) is 0 Å². The summed E-state index contributed by atoms with van der Waals surface area (Å²) in [6, 6.07) is 5.50. The molecule has 0 spiro atoms. The van der Waals surface area contributed by atoms with E-state index in [0.717, 1.165) is 16.4 Å². The third-order valence-electron chi connectivity index (χ3n) is 2.57. The zero-order chi connectivity index (χ0) is 17.0. The van der Waals surface area contributed by atoms with Gasteiger partial charge in [0.1, 0.15) is 12.4 Å². The first-order valence-corrected chi connectivity index (χ1v) is 7.17. The third kappa shape index (κ3) is 4.84. The smallest absolute Gasteiger partial charge is 0.346 e. The first-order chi connectivity index (χ1) is 10.8. The number of benzene rings is 1. The van der Waals surface area contributed by atoms with Crippen molar-refractivity contribution >= 4 is 17.7 Å². The topological polar surface area (TPSA) is 85.8 Å². The van der Waals surface area contributed by atoms with Gasteiger partial charge in [-0.2, -0.15) is 13.2 Å². The minimum atomic E-state index is -4.47. The molecule has 2 aromatic rings. The molecule has 0 radical (unpaired) electrons. The molecule has 6 nitrogen and oxygen atoms in total. The molecule has 1 heterocycles. The summed E-state index contributed by atoms with van der Waals surface area (Å²) in [5, 5.41) is 9.35. The summed E-state index contributed by atoms with van der Waals surface area (Å²) in [7, 11) is 0. The Morgan fingerprint density at radius 1 is 1.35 bits per heavy atom. The zero-order valence-corrected chi connectivity index (χ0v) is 12.3. The van der Waals surface area contributed by atoms with Gasteiger partial charge in [0, 0.05) is 5.56 Å². The van der Waals surface area contributed by atoms with Crippen LogP contribution in [0.1, 0.15) is 0 Å². The summed E-state index contributed by atoms with van der Waals surface area (Å²) in [6.07, 6.45) is -4.47. The SMILES string of the molecule is Nn1c(SCC(=O)NCC(F)(F)F)nnc1-c1cccc(F)c1. The second-order valence-electron chi connectivity index (χ2n) is 4.37. The van der Waals surface area contributed by atoms with E-state index in [0.29, 0.717) is 5.56 Å². The van der Waals surface area contributed by atoms with Crippen molar-refractivity contribution in [2.75, 3.05) is 18.1 Å². The van der Waals surface area contributed by atoms with Crippen molar-refractivity contribution in [3.8, 4) is 11.4 Å². The molecule has 0 fully saturated rings. The molecule has 0 saturated heterocycles.